The third-order valence-electron chi connectivity index (χ3n) is 10.5. The molecule has 4 amide bonds. The molecule has 4 atom stereocenters. The lowest BCUT2D eigenvalue weighted by atomic mass is 10.0. The number of nitrogens with one attached hydrogen (secondary N) is 4. The van der Waals surface area contributed by atoms with E-state index in [2.05, 4.69) is 32.7 Å². The van der Waals surface area contributed by atoms with Gasteiger partial charge in [-0.1, -0.05) is 39.8 Å². The van der Waals surface area contributed by atoms with E-state index < -0.39 is 18.2 Å². The first-order valence-corrected chi connectivity index (χ1v) is 18.4. The topological polar surface area (TPSA) is 178 Å². The zero-order valence-corrected chi connectivity index (χ0v) is 31.0. The average molecular weight is 722 g/mol. The fraction of sp³-hybridized carbons (Fsp3) is 0.462. The number of fused-ring (bicyclic) bond motifs is 4. The van der Waals surface area contributed by atoms with Crippen LogP contribution < -0.4 is 10.6 Å². The first kappa shape index (κ1) is 35.9. The predicted octanol–water partition coefficient (Wildman–Crippen LogP) is 5.52. The summed E-state index contributed by atoms with van der Waals surface area (Å²) in [5.41, 5.74) is 5.07. The minimum atomic E-state index is -0.714. The fourth-order valence-electron chi connectivity index (χ4n) is 7.78. The molecule has 0 spiro atoms. The number of nitrogens with zero attached hydrogens (tertiary/aromatic N) is 5. The maximum absolute atomic E-state index is 13.7. The second kappa shape index (κ2) is 14.5. The maximum Gasteiger partial charge on any atom is 0.407 e. The van der Waals surface area contributed by atoms with E-state index in [-0.39, 0.29) is 41.6 Å². The van der Waals surface area contributed by atoms with Crippen molar-refractivity contribution in [2.75, 3.05) is 20.2 Å². The smallest absolute Gasteiger partial charge is 0.407 e. The first-order valence-electron chi connectivity index (χ1n) is 18.4. The predicted molar refractivity (Wildman–Crippen MR) is 200 cm³/mol. The summed E-state index contributed by atoms with van der Waals surface area (Å²) >= 11 is 0. The molecule has 0 radical (unpaired) electrons. The number of carbonyl (C=O) groups excluding carboxylic acids is 4. The molecule has 2 aliphatic heterocycles. The highest BCUT2D eigenvalue weighted by molar-refractivity contribution is 6.04. The van der Waals surface area contributed by atoms with Gasteiger partial charge in [0.05, 0.1) is 35.7 Å². The van der Waals surface area contributed by atoms with Gasteiger partial charge >= 0.3 is 6.09 Å². The molecule has 0 aliphatic carbocycles. The number of carbonyl (C=O) groups is 4. The third-order valence-corrected chi connectivity index (χ3v) is 10.5. The van der Waals surface area contributed by atoms with Crippen molar-refractivity contribution < 1.29 is 23.9 Å². The van der Waals surface area contributed by atoms with Gasteiger partial charge in [-0.3, -0.25) is 14.4 Å². The van der Waals surface area contributed by atoms with Crippen molar-refractivity contribution in [2.45, 2.75) is 84.5 Å². The molecule has 5 aromatic rings. The van der Waals surface area contributed by atoms with E-state index in [1.807, 2.05) is 63.1 Å². The van der Waals surface area contributed by atoms with Crippen molar-refractivity contribution in [3.63, 3.8) is 0 Å². The van der Waals surface area contributed by atoms with Crippen LogP contribution in [0.1, 0.15) is 84.0 Å². The number of H-pyrrole nitrogens is 2. The molecule has 14 heteroatoms. The van der Waals surface area contributed by atoms with Gasteiger partial charge in [0.2, 0.25) is 17.7 Å². The molecular formula is C39H47N9O5. The molecule has 2 fully saturated rings. The Morgan fingerprint density at radius 2 is 1.49 bits per heavy atom. The quantitative estimate of drug-likeness (QED) is 0.154. The van der Waals surface area contributed by atoms with E-state index >= 15 is 0 Å². The summed E-state index contributed by atoms with van der Waals surface area (Å²) in [7, 11) is 1.29. The molecule has 53 heavy (non-hydrogen) atoms. The zero-order valence-electron chi connectivity index (χ0n) is 31.0. The van der Waals surface area contributed by atoms with Crippen LogP contribution in [-0.2, 0) is 19.1 Å². The Bertz CT molecular complexity index is 2210. The molecule has 0 unspecified atom stereocenters. The lowest BCUT2D eigenvalue weighted by Gasteiger charge is -2.30. The SMILES string of the molecule is COC(=O)N[C@H](C(=O)N1CCC[C@H]1c1nc2ccc3cc(-c4ccc5nc([C@@H]6CCCN6C(=O)[C@@H](NC(C)=O)C(C)C)[nH]c5c4)[nH]cc3c2n1)C(C)C. The van der Waals surface area contributed by atoms with Crippen LogP contribution in [0.3, 0.4) is 0 Å². The second-order valence-corrected chi connectivity index (χ2v) is 14.9. The Morgan fingerprint density at radius 3 is 2.17 bits per heavy atom. The Kier molecular flexibility index (Phi) is 9.79. The zero-order chi connectivity index (χ0) is 37.6. The number of likely N-dealkylation sites (tertiary alicyclic amines) is 2. The summed E-state index contributed by atoms with van der Waals surface area (Å²) in [5, 5.41) is 7.44. The van der Waals surface area contributed by atoms with Crippen LogP contribution in [0, 0.1) is 11.8 Å². The van der Waals surface area contributed by atoms with Gasteiger partial charge in [0.1, 0.15) is 23.4 Å². The van der Waals surface area contributed by atoms with Crippen molar-refractivity contribution in [2.24, 2.45) is 11.8 Å². The number of methoxy groups -OCH3 is 1. The van der Waals surface area contributed by atoms with Gasteiger partial charge in [0.25, 0.3) is 0 Å². The molecule has 4 N–H and O–H groups in total. The van der Waals surface area contributed by atoms with E-state index in [1.165, 1.54) is 14.0 Å². The van der Waals surface area contributed by atoms with Gasteiger partial charge in [0, 0.05) is 42.9 Å². The number of alkyl carbamates (subject to hydrolysis) is 1. The van der Waals surface area contributed by atoms with Gasteiger partial charge < -0.3 is 35.1 Å². The van der Waals surface area contributed by atoms with Crippen molar-refractivity contribution in [3.8, 4) is 11.3 Å². The van der Waals surface area contributed by atoms with Crippen molar-refractivity contribution in [1.29, 1.82) is 0 Å². The fourth-order valence-corrected chi connectivity index (χ4v) is 7.78. The monoisotopic (exact) mass is 721 g/mol. The van der Waals surface area contributed by atoms with Gasteiger partial charge in [-0.05, 0) is 67.2 Å². The molecule has 2 aliphatic rings. The number of ether oxygens (including phenoxy) is 1. The van der Waals surface area contributed by atoms with E-state index in [0.29, 0.717) is 18.9 Å². The number of amides is 4. The summed E-state index contributed by atoms with van der Waals surface area (Å²) in [6.07, 6.45) is 4.53. The van der Waals surface area contributed by atoms with Crippen molar-refractivity contribution >= 4 is 56.7 Å². The number of rotatable bonds is 9. The van der Waals surface area contributed by atoms with E-state index in [1.54, 1.807) is 4.90 Å². The van der Waals surface area contributed by atoms with Crippen LogP contribution in [0.15, 0.2) is 42.6 Å². The Hall–Kier alpha value is -5.53. The summed E-state index contributed by atoms with van der Waals surface area (Å²) in [4.78, 5) is 76.4. The highest BCUT2D eigenvalue weighted by Crippen LogP contribution is 2.36. The molecule has 0 bridgehead atoms. The van der Waals surface area contributed by atoms with Gasteiger partial charge in [-0.15, -0.1) is 0 Å². The van der Waals surface area contributed by atoms with Crippen LogP contribution in [0.5, 0.6) is 0 Å². The van der Waals surface area contributed by atoms with Crippen LogP contribution in [0.4, 0.5) is 4.79 Å². The summed E-state index contributed by atoms with van der Waals surface area (Å²) < 4.78 is 4.77. The van der Waals surface area contributed by atoms with Crippen LogP contribution in [0.25, 0.3) is 44.1 Å². The number of aromatic amines is 2. The minimum Gasteiger partial charge on any atom is -0.453 e. The molecule has 0 saturated carbocycles. The lowest BCUT2D eigenvalue weighted by Crippen LogP contribution is -2.51. The first-order chi connectivity index (χ1) is 25.4. The van der Waals surface area contributed by atoms with E-state index in [0.717, 1.165) is 75.6 Å². The average Bonchev–Trinajstić information content (AvgIpc) is 3.96. The number of benzene rings is 2. The summed E-state index contributed by atoms with van der Waals surface area (Å²) in [6.45, 7) is 10.3. The normalized spacial score (nSPS) is 18.7. The van der Waals surface area contributed by atoms with Crippen LogP contribution in [0.2, 0.25) is 0 Å². The summed E-state index contributed by atoms with van der Waals surface area (Å²) in [5.74, 6) is 0.709. The molecule has 278 valence electrons. The Morgan fingerprint density at radius 1 is 0.830 bits per heavy atom. The largest absolute Gasteiger partial charge is 0.453 e. The second-order valence-electron chi connectivity index (χ2n) is 14.9. The molecular weight excluding hydrogens is 674 g/mol. The van der Waals surface area contributed by atoms with Crippen LogP contribution >= 0.6 is 0 Å². The lowest BCUT2D eigenvalue weighted by molar-refractivity contribution is -0.138. The maximum atomic E-state index is 13.7. The van der Waals surface area contributed by atoms with Gasteiger partial charge in [-0.2, -0.15) is 0 Å². The molecule has 2 aromatic carbocycles. The van der Waals surface area contributed by atoms with E-state index in [4.69, 9.17) is 19.7 Å². The Balaban J connectivity index is 1.13. The van der Waals surface area contributed by atoms with Crippen molar-refractivity contribution in [1.82, 2.24) is 45.4 Å². The van der Waals surface area contributed by atoms with Crippen LogP contribution in [-0.4, -0.2) is 90.8 Å². The van der Waals surface area contributed by atoms with Gasteiger partial charge in [-0.25, -0.2) is 19.7 Å². The molecule has 2 saturated heterocycles. The highest BCUT2D eigenvalue weighted by Gasteiger charge is 2.39. The molecule has 7 rings (SSSR count). The van der Waals surface area contributed by atoms with Crippen molar-refractivity contribution in [3.05, 3.63) is 54.2 Å². The highest BCUT2D eigenvalue weighted by atomic mass is 16.5. The number of hydrogen-bond acceptors (Lipinski definition) is 8. The van der Waals surface area contributed by atoms with E-state index in [9.17, 15) is 19.2 Å². The molecule has 3 aromatic heterocycles. The summed E-state index contributed by atoms with van der Waals surface area (Å²) in [6, 6.07) is 10.4. The molecule has 5 heterocycles. The standard InChI is InChI=1S/C39H47N9O5/c1-20(2)32(41-22(5)49)37(50)47-15-7-9-30(47)35-42-26-13-12-24(18-29(26)44-35)28-17-23-11-14-27-34(25(23)19-40-28)45-36(43-27)31-10-8-16-48(31)38(51)33(21(3)4)46-39(52)53-6/h11-14,17-21,30-33,40H,7-10,15-16H2,1-6H3,(H,41,49)(H,42,44)(H,46,52)/t30-,31-,32-,33-/m0/s1. The number of imidazole rings is 2. The molecule has 14 nitrogen and oxygen atoms in total. The number of aromatic nitrogens is 5. The van der Waals surface area contributed by atoms with Gasteiger partial charge in [0.15, 0.2) is 5.82 Å². The number of hydrogen-bond donors (Lipinski definition) is 4. The third kappa shape index (κ3) is 6.89. The minimum absolute atomic E-state index is 0.0393. The number of pyridine rings is 1. The Labute approximate surface area is 307 Å².